The lowest BCUT2D eigenvalue weighted by molar-refractivity contribution is -0.132. The summed E-state index contributed by atoms with van der Waals surface area (Å²) in [6.45, 7) is 6.66. The molecule has 0 amide bonds. The second-order valence-corrected chi connectivity index (χ2v) is 5.75. The van der Waals surface area contributed by atoms with Gasteiger partial charge in [-0.05, 0) is 49.2 Å². The predicted molar refractivity (Wildman–Crippen MR) is 93.4 cm³/mol. The van der Waals surface area contributed by atoms with Gasteiger partial charge in [0.1, 0.15) is 11.5 Å². The lowest BCUT2D eigenvalue weighted by atomic mass is 10.1. The van der Waals surface area contributed by atoms with Gasteiger partial charge in [-0.3, -0.25) is 9.59 Å². The Morgan fingerprint density at radius 3 is 1.28 bits per heavy atom. The number of rotatable bonds is 6. The van der Waals surface area contributed by atoms with Crippen LogP contribution in [0.15, 0.2) is 48.5 Å². The van der Waals surface area contributed by atoms with Crippen LogP contribution in [0, 0.1) is 0 Å². The number of carbonyl (C=O) groups excluding carboxylic acids is 2. The van der Waals surface area contributed by atoms with Crippen molar-refractivity contribution in [2.75, 3.05) is 0 Å². The molecule has 0 aromatic heterocycles. The second kappa shape index (κ2) is 8.44. The third-order valence-corrected chi connectivity index (χ3v) is 3.63. The summed E-state index contributed by atoms with van der Waals surface area (Å²) >= 11 is 0. The monoisotopic (exact) mass is 342 g/mol. The molecule has 0 aliphatic rings. The minimum atomic E-state index is -0.345. The van der Waals surface area contributed by atoms with Gasteiger partial charge in [-0.1, -0.05) is 24.3 Å². The molecule has 2 rings (SSSR count). The van der Waals surface area contributed by atoms with E-state index in [1.54, 1.807) is 24.3 Å². The van der Waals surface area contributed by atoms with Crippen molar-refractivity contribution in [3.63, 3.8) is 0 Å². The summed E-state index contributed by atoms with van der Waals surface area (Å²) in [7, 11) is 0. The van der Waals surface area contributed by atoms with Crippen LogP contribution in [0.2, 0.25) is 0 Å². The van der Waals surface area contributed by atoms with Gasteiger partial charge in [-0.2, -0.15) is 0 Å². The van der Waals surface area contributed by atoms with Crippen molar-refractivity contribution in [2.45, 2.75) is 39.9 Å². The van der Waals surface area contributed by atoms with Gasteiger partial charge in [0.15, 0.2) is 0 Å². The van der Waals surface area contributed by atoms with E-state index in [9.17, 15) is 9.59 Å². The second-order valence-electron chi connectivity index (χ2n) is 5.75. The fourth-order valence-electron chi connectivity index (χ4n) is 2.41. The third-order valence-electron chi connectivity index (χ3n) is 3.63. The summed E-state index contributed by atoms with van der Waals surface area (Å²) in [5, 5.41) is 0. The molecule has 0 spiro atoms. The number of ether oxygens (including phenoxy) is 3. The minimum Gasteiger partial charge on any atom is -0.427 e. The highest BCUT2D eigenvalue weighted by Gasteiger charge is 2.13. The molecular formula is C20H22O5. The molecule has 0 N–H and O–H groups in total. The van der Waals surface area contributed by atoms with Crippen LogP contribution in [0.4, 0.5) is 0 Å². The van der Waals surface area contributed by atoms with E-state index in [-0.39, 0.29) is 24.1 Å². The van der Waals surface area contributed by atoms with Crippen LogP contribution >= 0.6 is 0 Å². The van der Waals surface area contributed by atoms with Crippen molar-refractivity contribution in [3.05, 3.63) is 59.7 Å². The maximum Gasteiger partial charge on any atom is 0.308 e. The van der Waals surface area contributed by atoms with Crippen LogP contribution in [0.5, 0.6) is 11.5 Å². The predicted octanol–water partition coefficient (Wildman–Crippen LogP) is 4.38. The SMILES string of the molecule is CC(=O)Oc1ccc(C(C)OC(C)c2ccc(OC(C)=O)cc2)cc1. The van der Waals surface area contributed by atoms with Gasteiger partial charge in [0, 0.05) is 13.8 Å². The topological polar surface area (TPSA) is 61.8 Å². The Labute approximate surface area is 147 Å². The Bertz CT molecular complexity index is 655. The van der Waals surface area contributed by atoms with E-state index in [1.807, 2.05) is 38.1 Å². The van der Waals surface area contributed by atoms with Crippen LogP contribution in [0.25, 0.3) is 0 Å². The molecule has 132 valence electrons. The molecule has 0 aliphatic heterocycles. The summed E-state index contributed by atoms with van der Waals surface area (Å²) in [6, 6.07) is 14.5. The lowest BCUT2D eigenvalue weighted by Gasteiger charge is -2.20. The molecule has 0 aliphatic carbocycles. The van der Waals surface area contributed by atoms with Gasteiger partial charge in [0.25, 0.3) is 0 Å². The summed E-state index contributed by atoms with van der Waals surface area (Å²) in [4.78, 5) is 21.9. The Morgan fingerprint density at radius 1 is 0.680 bits per heavy atom. The van der Waals surface area contributed by atoms with E-state index in [1.165, 1.54) is 13.8 Å². The molecule has 2 aromatic carbocycles. The van der Waals surface area contributed by atoms with E-state index in [4.69, 9.17) is 14.2 Å². The highest BCUT2D eigenvalue weighted by atomic mass is 16.5. The van der Waals surface area contributed by atoms with Crippen molar-refractivity contribution in [3.8, 4) is 11.5 Å². The summed E-state index contributed by atoms with van der Waals surface area (Å²) in [5.74, 6) is 0.334. The average molecular weight is 342 g/mol. The number of carbonyl (C=O) groups is 2. The Kier molecular flexibility index (Phi) is 6.31. The maximum absolute atomic E-state index is 10.9. The molecule has 2 aromatic rings. The molecule has 25 heavy (non-hydrogen) atoms. The van der Waals surface area contributed by atoms with Gasteiger partial charge in [0.2, 0.25) is 0 Å². The van der Waals surface area contributed by atoms with Gasteiger partial charge in [-0.25, -0.2) is 0 Å². The molecule has 0 fully saturated rings. The average Bonchev–Trinajstić information content (AvgIpc) is 2.55. The zero-order valence-corrected chi connectivity index (χ0v) is 14.8. The van der Waals surface area contributed by atoms with Crippen LogP contribution in [-0.2, 0) is 14.3 Å². The van der Waals surface area contributed by atoms with Crippen LogP contribution in [-0.4, -0.2) is 11.9 Å². The van der Waals surface area contributed by atoms with Gasteiger partial charge in [0.05, 0.1) is 12.2 Å². The molecule has 0 saturated heterocycles. The molecule has 2 atom stereocenters. The maximum atomic E-state index is 10.9. The fourth-order valence-corrected chi connectivity index (χ4v) is 2.41. The highest BCUT2D eigenvalue weighted by molar-refractivity contribution is 5.69. The molecule has 0 saturated carbocycles. The zero-order valence-electron chi connectivity index (χ0n) is 14.8. The van der Waals surface area contributed by atoms with Gasteiger partial charge in [-0.15, -0.1) is 0 Å². The van der Waals surface area contributed by atoms with E-state index in [0.717, 1.165) is 11.1 Å². The van der Waals surface area contributed by atoms with Crippen LogP contribution in [0.3, 0.4) is 0 Å². The highest BCUT2D eigenvalue weighted by Crippen LogP contribution is 2.28. The molecular weight excluding hydrogens is 320 g/mol. The normalized spacial score (nSPS) is 13.0. The minimum absolute atomic E-state index is 0.130. The van der Waals surface area contributed by atoms with E-state index < -0.39 is 0 Å². The first-order chi connectivity index (χ1) is 11.8. The smallest absolute Gasteiger partial charge is 0.308 e. The fraction of sp³-hybridized carbons (Fsp3) is 0.300. The third kappa shape index (κ3) is 5.72. The number of benzene rings is 2. The van der Waals surface area contributed by atoms with Gasteiger partial charge < -0.3 is 14.2 Å². The van der Waals surface area contributed by atoms with Crippen LogP contribution < -0.4 is 9.47 Å². The van der Waals surface area contributed by atoms with Crippen molar-refractivity contribution in [2.24, 2.45) is 0 Å². The number of hydrogen-bond donors (Lipinski definition) is 0. The van der Waals surface area contributed by atoms with E-state index >= 15 is 0 Å². The van der Waals surface area contributed by atoms with Crippen molar-refractivity contribution in [1.29, 1.82) is 0 Å². The first-order valence-electron chi connectivity index (χ1n) is 8.07. The largest absolute Gasteiger partial charge is 0.427 e. The van der Waals surface area contributed by atoms with Crippen molar-refractivity contribution in [1.82, 2.24) is 0 Å². The number of esters is 2. The molecule has 0 radical (unpaired) electrons. The van der Waals surface area contributed by atoms with Gasteiger partial charge >= 0.3 is 11.9 Å². The zero-order chi connectivity index (χ0) is 18.4. The Morgan fingerprint density at radius 2 is 1.00 bits per heavy atom. The molecule has 0 heterocycles. The molecule has 2 unspecified atom stereocenters. The summed E-state index contributed by atoms with van der Waals surface area (Å²) in [5.41, 5.74) is 1.97. The quantitative estimate of drug-likeness (QED) is 0.576. The first-order valence-corrected chi connectivity index (χ1v) is 8.07. The lowest BCUT2D eigenvalue weighted by Crippen LogP contribution is -2.06. The van der Waals surface area contributed by atoms with Crippen molar-refractivity contribution < 1.29 is 23.8 Å². The molecule has 5 heteroatoms. The summed E-state index contributed by atoms with van der Waals surface area (Å²) < 4.78 is 16.1. The van der Waals surface area contributed by atoms with E-state index in [2.05, 4.69) is 0 Å². The Balaban J connectivity index is 1.98. The summed E-state index contributed by atoms with van der Waals surface area (Å²) in [6.07, 6.45) is -0.260. The van der Waals surface area contributed by atoms with E-state index in [0.29, 0.717) is 11.5 Å². The van der Waals surface area contributed by atoms with Crippen molar-refractivity contribution >= 4 is 11.9 Å². The molecule has 5 nitrogen and oxygen atoms in total. The first kappa shape index (κ1) is 18.7. The Hall–Kier alpha value is -2.66. The van der Waals surface area contributed by atoms with Crippen LogP contribution in [0.1, 0.15) is 51.0 Å². The number of hydrogen-bond acceptors (Lipinski definition) is 5. The molecule has 0 bridgehead atoms. The standard InChI is InChI=1S/C20H22O5/c1-13(17-5-9-19(10-6-17)24-15(3)21)23-14(2)18-7-11-20(12-8-18)25-16(4)22/h5-14H,1-4H3.